The molecule has 0 unspecified atom stereocenters. The molecule has 1 aliphatic heterocycles. The van der Waals surface area contributed by atoms with Crippen molar-refractivity contribution in [1.82, 2.24) is 5.32 Å². The summed E-state index contributed by atoms with van der Waals surface area (Å²) in [5.41, 5.74) is 0.776. The van der Waals surface area contributed by atoms with Gasteiger partial charge in [-0.3, -0.25) is 0 Å². The lowest BCUT2D eigenvalue weighted by Gasteiger charge is -2.34. The second-order valence-electron chi connectivity index (χ2n) is 4.76. The van der Waals surface area contributed by atoms with Gasteiger partial charge in [0.2, 0.25) is 0 Å². The lowest BCUT2D eigenvalue weighted by atomic mass is 9.92. The molecular formula is C13H17BrFNO. The maximum Gasteiger partial charge on any atom is 0.128 e. The average molecular weight is 302 g/mol. The molecule has 0 bridgehead atoms. The molecule has 0 aromatic heterocycles. The van der Waals surface area contributed by atoms with Crippen LogP contribution in [0.1, 0.15) is 25.3 Å². The van der Waals surface area contributed by atoms with Crippen LogP contribution in [0.2, 0.25) is 0 Å². The number of rotatable bonds is 3. The Balaban J connectivity index is 1.97. The van der Waals surface area contributed by atoms with E-state index in [1.807, 2.05) is 12.1 Å². The molecule has 1 fully saturated rings. The molecule has 17 heavy (non-hydrogen) atoms. The van der Waals surface area contributed by atoms with Crippen LogP contribution in [0.5, 0.6) is 0 Å². The molecule has 0 saturated carbocycles. The summed E-state index contributed by atoms with van der Waals surface area (Å²) in [7, 11) is 0. The minimum absolute atomic E-state index is 0.0672. The van der Waals surface area contributed by atoms with Gasteiger partial charge in [-0.1, -0.05) is 22.0 Å². The van der Waals surface area contributed by atoms with Gasteiger partial charge in [-0.05, 0) is 31.9 Å². The van der Waals surface area contributed by atoms with E-state index in [-0.39, 0.29) is 11.4 Å². The number of hydrogen-bond acceptors (Lipinski definition) is 2. The molecule has 1 aromatic carbocycles. The summed E-state index contributed by atoms with van der Waals surface area (Å²) in [5.74, 6) is -0.164. The van der Waals surface area contributed by atoms with Gasteiger partial charge in [-0.2, -0.15) is 0 Å². The Kier molecular flexibility index (Phi) is 4.17. The second-order valence-corrected chi connectivity index (χ2v) is 5.68. The standard InChI is InChI=1S/C13H17BrFNO/c1-13(4-6-17-7-5-13)16-9-10-2-3-11(14)8-12(10)15/h2-3,8,16H,4-7,9H2,1H3. The number of hydrogen-bond donors (Lipinski definition) is 1. The maximum atomic E-state index is 13.6. The Labute approximate surface area is 110 Å². The normalized spacial score (nSPS) is 19.2. The van der Waals surface area contributed by atoms with E-state index in [4.69, 9.17) is 4.74 Å². The van der Waals surface area contributed by atoms with E-state index in [1.54, 1.807) is 0 Å². The molecule has 0 radical (unpaired) electrons. The van der Waals surface area contributed by atoms with Gasteiger partial charge in [0.1, 0.15) is 5.82 Å². The van der Waals surface area contributed by atoms with Crippen molar-refractivity contribution in [3.05, 3.63) is 34.1 Å². The molecule has 94 valence electrons. The van der Waals surface area contributed by atoms with Crippen LogP contribution in [0.25, 0.3) is 0 Å². The zero-order valence-corrected chi connectivity index (χ0v) is 11.5. The van der Waals surface area contributed by atoms with Gasteiger partial charge in [0.15, 0.2) is 0 Å². The summed E-state index contributed by atoms with van der Waals surface area (Å²) in [6.07, 6.45) is 1.95. The maximum absolute atomic E-state index is 13.6. The molecule has 0 amide bonds. The fourth-order valence-electron chi connectivity index (χ4n) is 1.97. The number of ether oxygens (including phenoxy) is 1. The molecule has 1 saturated heterocycles. The van der Waals surface area contributed by atoms with Crippen molar-refractivity contribution < 1.29 is 9.13 Å². The average Bonchev–Trinajstić information content (AvgIpc) is 2.29. The highest BCUT2D eigenvalue weighted by atomic mass is 79.9. The smallest absolute Gasteiger partial charge is 0.128 e. The van der Waals surface area contributed by atoms with E-state index < -0.39 is 0 Å². The zero-order chi connectivity index (χ0) is 12.3. The predicted molar refractivity (Wildman–Crippen MR) is 69.4 cm³/mol. The minimum Gasteiger partial charge on any atom is -0.381 e. The van der Waals surface area contributed by atoms with Crippen LogP contribution < -0.4 is 5.32 Å². The Bertz CT molecular complexity index is 391. The van der Waals surface area contributed by atoms with E-state index in [0.29, 0.717) is 12.1 Å². The molecule has 2 rings (SSSR count). The first kappa shape index (κ1) is 13.0. The van der Waals surface area contributed by atoms with Crippen LogP contribution in [0.4, 0.5) is 4.39 Å². The van der Waals surface area contributed by atoms with Gasteiger partial charge in [-0.25, -0.2) is 4.39 Å². The Morgan fingerprint density at radius 2 is 2.12 bits per heavy atom. The third-order valence-electron chi connectivity index (χ3n) is 3.32. The predicted octanol–water partition coefficient (Wildman–Crippen LogP) is 3.25. The Morgan fingerprint density at radius 3 is 2.76 bits per heavy atom. The molecule has 1 heterocycles. The molecule has 1 N–H and O–H groups in total. The fourth-order valence-corrected chi connectivity index (χ4v) is 2.31. The molecule has 4 heteroatoms. The molecule has 2 nitrogen and oxygen atoms in total. The summed E-state index contributed by atoms with van der Waals surface area (Å²) in [6.45, 7) is 4.31. The summed E-state index contributed by atoms with van der Waals surface area (Å²) in [5, 5.41) is 3.44. The monoisotopic (exact) mass is 301 g/mol. The van der Waals surface area contributed by atoms with Gasteiger partial charge in [0.05, 0.1) is 0 Å². The highest BCUT2D eigenvalue weighted by Gasteiger charge is 2.26. The lowest BCUT2D eigenvalue weighted by molar-refractivity contribution is 0.0445. The number of halogens is 2. The van der Waals surface area contributed by atoms with Crippen molar-refractivity contribution in [2.75, 3.05) is 13.2 Å². The van der Waals surface area contributed by atoms with Crippen LogP contribution >= 0.6 is 15.9 Å². The van der Waals surface area contributed by atoms with E-state index in [2.05, 4.69) is 28.2 Å². The lowest BCUT2D eigenvalue weighted by Crippen LogP contribution is -2.46. The van der Waals surface area contributed by atoms with Crippen molar-refractivity contribution in [3.63, 3.8) is 0 Å². The van der Waals surface area contributed by atoms with E-state index in [9.17, 15) is 4.39 Å². The van der Waals surface area contributed by atoms with Crippen LogP contribution in [0.15, 0.2) is 22.7 Å². The molecule has 1 aliphatic rings. The van der Waals surface area contributed by atoms with Gasteiger partial charge in [0.25, 0.3) is 0 Å². The van der Waals surface area contributed by atoms with Crippen molar-refractivity contribution in [1.29, 1.82) is 0 Å². The summed E-state index contributed by atoms with van der Waals surface area (Å²) in [4.78, 5) is 0. The molecule has 0 aliphatic carbocycles. The first-order valence-electron chi connectivity index (χ1n) is 5.86. The van der Waals surface area contributed by atoms with E-state index in [1.165, 1.54) is 6.07 Å². The number of nitrogens with one attached hydrogen (secondary N) is 1. The minimum atomic E-state index is -0.164. The van der Waals surface area contributed by atoms with Crippen LogP contribution in [0, 0.1) is 5.82 Å². The van der Waals surface area contributed by atoms with Crippen molar-refractivity contribution in [3.8, 4) is 0 Å². The Morgan fingerprint density at radius 1 is 1.41 bits per heavy atom. The van der Waals surface area contributed by atoms with Gasteiger partial charge < -0.3 is 10.1 Å². The first-order valence-corrected chi connectivity index (χ1v) is 6.65. The fraction of sp³-hybridized carbons (Fsp3) is 0.538. The van der Waals surface area contributed by atoms with Crippen molar-refractivity contribution in [2.45, 2.75) is 31.8 Å². The second kappa shape index (κ2) is 5.46. The largest absolute Gasteiger partial charge is 0.381 e. The SMILES string of the molecule is CC1(NCc2ccc(Br)cc2F)CCOCC1. The van der Waals surface area contributed by atoms with E-state index in [0.717, 1.165) is 30.5 Å². The quantitative estimate of drug-likeness (QED) is 0.925. The first-order chi connectivity index (χ1) is 8.09. The summed E-state index contributed by atoms with van der Waals surface area (Å²) >= 11 is 3.26. The summed E-state index contributed by atoms with van der Waals surface area (Å²) in [6, 6.07) is 5.19. The molecular weight excluding hydrogens is 285 g/mol. The van der Waals surface area contributed by atoms with Crippen LogP contribution in [-0.4, -0.2) is 18.8 Å². The highest BCUT2D eigenvalue weighted by Crippen LogP contribution is 2.21. The van der Waals surface area contributed by atoms with Crippen molar-refractivity contribution in [2.24, 2.45) is 0 Å². The summed E-state index contributed by atoms with van der Waals surface area (Å²) < 4.78 is 19.7. The van der Waals surface area contributed by atoms with Crippen LogP contribution in [0.3, 0.4) is 0 Å². The number of benzene rings is 1. The molecule has 1 aromatic rings. The molecule has 0 atom stereocenters. The van der Waals surface area contributed by atoms with Crippen LogP contribution in [-0.2, 0) is 11.3 Å². The van der Waals surface area contributed by atoms with Gasteiger partial charge in [0, 0.05) is 35.3 Å². The highest BCUT2D eigenvalue weighted by molar-refractivity contribution is 9.10. The topological polar surface area (TPSA) is 21.3 Å². The Hall–Kier alpha value is -0.450. The van der Waals surface area contributed by atoms with E-state index >= 15 is 0 Å². The third-order valence-corrected chi connectivity index (χ3v) is 3.81. The van der Waals surface area contributed by atoms with Crippen molar-refractivity contribution >= 4 is 15.9 Å². The van der Waals surface area contributed by atoms with Gasteiger partial charge >= 0.3 is 0 Å². The van der Waals surface area contributed by atoms with Gasteiger partial charge in [-0.15, -0.1) is 0 Å². The zero-order valence-electron chi connectivity index (χ0n) is 9.93. The molecule has 0 spiro atoms. The third kappa shape index (κ3) is 3.50.